The summed E-state index contributed by atoms with van der Waals surface area (Å²) in [5, 5.41) is 2.56. The van der Waals surface area contributed by atoms with E-state index in [2.05, 4.69) is 14.9 Å². The first-order chi connectivity index (χ1) is 9.83. The van der Waals surface area contributed by atoms with Gasteiger partial charge in [-0.25, -0.2) is 0 Å². The Balaban J connectivity index is 1.93. The minimum atomic E-state index is -0.114. The summed E-state index contributed by atoms with van der Waals surface area (Å²) in [5.74, 6) is 0. The number of H-pyrrole nitrogens is 1. The molecule has 0 unspecified atom stereocenters. The molecule has 4 nitrogen and oxygen atoms in total. The van der Waals surface area contributed by atoms with Crippen LogP contribution in [0, 0.1) is 0 Å². The molecule has 1 N–H and O–H groups in total. The van der Waals surface area contributed by atoms with Crippen LogP contribution in [0.15, 0.2) is 29.1 Å². The lowest BCUT2D eigenvalue weighted by atomic mass is 10.1. The van der Waals surface area contributed by atoms with Crippen LogP contribution in [-0.4, -0.2) is 23.1 Å². The van der Waals surface area contributed by atoms with E-state index in [1.807, 2.05) is 24.3 Å². The summed E-state index contributed by atoms with van der Waals surface area (Å²) in [6, 6.07) is 7.91. The molecule has 1 aliphatic rings. The summed E-state index contributed by atoms with van der Waals surface area (Å²) in [6.45, 7) is 2.02. The number of piperidine rings is 1. The van der Waals surface area contributed by atoms with E-state index in [1.165, 1.54) is 19.3 Å². The molecule has 0 bridgehead atoms. The molecule has 1 aliphatic heterocycles. The van der Waals surface area contributed by atoms with E-state index in [0.717, 1.165) is 39.3 Å². The number of anilines is 1. The Morgan fingerprint density at radius 3 is 2.80 bits per heavy atom. The van der Waals surface area contributed by atoms with Crippen LogP contribution >= 0.6 is 11.3 Å². The lowest BCUT2D eigenvalue weighted by molar-refractivity contribution is 0.576. The Hall–Kier alpha value is -1.88. The molecule has 3 aromatic rings. The van der Waals surface area contributed by atoms with E-state index in [-0.39, 0.29) is 5.56 Å². The van der Waals surface area contributed by atoms with Crippen LogP contribution in [0.4, 0.5) is 5.13 Å². The smallest absolute Gasteiger partial charge is 0.283 e. The Morgan fingerprint density at radius 2 is 1.95 bits per heavy atom. The molecule has 3 heterocycles. The molecule has 0 amide bonds. The number of aromatic nitrogens is 2. The monoisotopic (exact) mass is 285 g/mol. The van der Waals surface area contributed by atoms with Crippen molar-refractivity contribution in [2.75, 3.05) is 18.0 Å². The molecule has 4 rings (SSSR count). The van der Waals surface area contributed by atoms with E-state index in [9.17, 15) is 4.79 Å². The third-order valence-electron chi connectivity index (χ3n) is 3.90. The topological polar surface area (TPSA) is 49.0 Å². The number of rotatable bonds is 1. The van der Waals surface area contributed by atoms with Crippen LogP contribution in [0.25, 0.3) is 21.1 Å². The van der Waals surface area contributed by atoms with Gasteiger partial charge in [0.25, 0.3) is 5.56 Å². The SMILES string of the molecule is O=c1nc(N2CCCCC2)sc2[nH]c3ccccc3c12. The molecule has 1 fully saturated rings. The van der Waals surface area contributed by atoms with Crippen molar-refractivity contribution in [1.29, 1.82) is 0 Å². The highest BCUT2D eigenvalue weighted by Crippen LogP contribution is 2.30. The zero-order valence-electron chi connectivity index (χ0n) is 11.1. The molecule has 1 saturated heterocycles. The number of nitrogens with zero attached hydrogens (tertiary/aromatic N) is 2. The molecule has 0 aliphatic carbocycles. The van der Waals surface area contributed by atoms with Crippen molar-refractivity contribution in [3.8, 4) is 0 Å². The molecule has 0 saturated carbocycles. The van der Waals surface area contributed by atoms with Gasteiger partial charge in [0.1, 0.15) is 4.83 Å². The average Bonchev–Trinajstić information content (AvgIpc) is 2.87. The summed E-state index contributed by atoms with van der Waals surface area (Å²) >= 11 is 1.59. The van der Waals surface area contributed by atoms with E-state index >= 15 is 0 Å². The number of fused-ring (bicyclic) bond motifs is 3. The number of aromatic amines is 1. The molecule has 5 heteroatoms. The van der Waals surface area contributed by atoms with Crippen molar-refractivity contribution in [3.05, 3.63) is 34.6 Å². The zero-order valence-corrected chi connectivity index (χ0v) is 11.9. The highest BCUT2D eigenvalue weighted by atomic mass is 32.1. The Bertz CT molecular complexity index is 830. The third-order valence-corrected chi connectivity index (χ3v) is 4.95. The number of nitrogens with one attached hydrogen (secondary N) is 1. The van der Waals surface area contributed by atoms with Crippen LogP contribution in [-0.2, 0) is 0 Å². The van der Waals surface area contributed by atoms with Crippen molar-refractivity contribution in [1.82, 2.24) is 9.97 Å². The minimum absolute atomic E-state index is 0.114. The van der Waals surface area contributed by atoms with Crippen LogP contribution in [0.1, 0.15) is 19.3 Å². The summed E-state index contributed by atoms with van der Waals surface area (Å²) in [6.07, 6.45) is 3.65. The standard InChI is InChI=1S/C15H15N3OS/c19-13-12-10-6-2-3-7-11(10)16-14(12)20-15(17-13)18-8-4-1-5-9-18/h2-3,6-7,16H,1,4-5,8-9H2. The first kappa shape index (κ1) is 11.9. The van der Waals surface area contributed by atoms with Gasteiger partial charge in [0.15, 0.2) is 5.13 Å². The summed E-state index contributed by atoms with van der Waals surface area (Å²) in [4.78, 5) is 23.2. The highest BCUT2D eigenvalue weighted by molar-refractivity contribution is 7.21. The van der Waals surface area contributed by atoms with Gasteiger partial charge in [-0.1, -0.05) is 29.5 Å². The predicted octanol–water partition coefficient (Wildman–Crippen LogP) is 3.13. The van der Waals surface area contributed by atoms with Crippen molar-refractivity contribution in [2.45, 2.75) is 19.3 Å². The van der Waals surface area contributed by atoms with Gasteiger partial charge in [-0.3, -0.25) is 4.79 Å². The van der Waals surface area contributed by atoms with Crippen LogP contribution in [0.2, 0.25) is 0 Å². The van der Waals surface area contributed by atoms with Crippen molar-refractivity contribution < 1.29 is 0 Å². The highest BCUT2D eigenvalue weighted by Gasteiger charge is 2.17. The molecular weight excluding hydrogens is 270 g/mol. The average molecular weight is 285 g/mol. The second-order valence-corrected chi connectivity index (χ2v) is 6.20. The molecule has 2 aromatic heterocycles. The van der Waals surface area contributed by atoms with Crippen molar-refractivity contribution in [2.24, 2.45) is 0 Å². The quantitative estimate of drug-likeness (QED) is 0.747. The van der Waals surface area contributed by atoms with E-state index < -0.39 is 0 Å². The van der Waals surface area contributed by atoms with Gasteiger partial charge < -0.3 is 9.88 Å². The lowest BCUT2D eigenvalue weighted by Gasteiger charge is -2.26. The van der Waals surface area contributed by atoms with Crippen LogP contribution in [0.3, 0.4) is 0 Å². The van der Waals surface area contributed by atoms with Gasteiger partial charge in [0, 0.05) is 24.0 Å². The second-order valence-electron chi connectivity index (χ2n) is 5.22. The third kappa shape index (κ3) is 1.81. The molecule has 20 heavy (non-hydrogen) atoms. The van der Waals surface area contributed by atoms with Gasteiger partial charge in [-0.2, -0.15) is 4.98 Å². The fraction of sp³-hybridized carbons (Fsp3) is 0.333. The van der Waals surface area contributed by atoms with Gasteiger partial charge in [0.05, 0.1) is 5.39 Å². The Morgan fingerprint density at radius 1 is 1.15 bits per heavy atom. The van der Waals surface area contributed by atoms with E-state index in [0.29, 0.717) is 0 Å². The number of para-hydroxylation sites is 1. The predicted molar refractivity (Wildman–Crippen MR) is 83.8 cm³/mol. The fourth-order valence-electron chi connectivity index (χ4n) is 2.88. The first-order valence-electron chi connectivity index (χ1n) is 6.99. The summed E-state index contributed by atoms with van der Waals surface area (Å²) in [5.41, 5.74) is 0.894. The molecular formula is C15H15N3OS. The normalized spacial score (nSPS) is 16.1. The lowest BCUT2D eigenvalue weighted by Crippen LogP contribution is -2.30. The number of benzene rings is 1. The Labute approximate surface area is 120 Å². The summed E-state index contributed by atoms with van der Waals surface area (Å²) < 4.78 is 0. The molecule has 0 radical (unpaired) electrons. The van der Waals surface area contributed by atoms with Crippen molar-refractivity contribution >= 4 is 37.6 Å². The van der Waals surface area contributed by atoms with Crippen LogP contribution < -0.4 is 10.5 Å². The maximum absolute atomic E-state index is 12.4. The van der Waals surface area contributed by atoms with E-state index in [4.69, 9.17) is 0 Å². The second kappa shape index (κ2) is 4.59. The van der Waals surface area contributed by atoms with Gasteiger partial charge in [-0.15, -0.1) is 0 Å². The van der Waals surface area contributed by atoms with Gasteiger partial charge >= 0.3 is 0 Å². The van der Waals surface area contributed by atoms with E-state index in [1.54, 1.807) is 11.3 Å². The maximum Gasteiger partial charge on any atom is 0.283 e. The number of hydrogen-bond donors (Lipinski definition) is 1. The number of hydrogen-bond acceptors (Lipinski definition) is 4. The fourth-order valence-corrected chi connectivity index (χ4v) is 3.97. The van der Waals surface area contributed by atoms with Gasteiger partial charge in [-0.05, 0) is 25.3 Å². The van der Waals surface area contributed by atoms with Gasteiger partial charge in [0.2, 0.25) is 0 Å². The molecule has 1 aromatic carbocycles. The molecule has 102 valence electrons. The van der Waals surface area contributed by atoms with Crippen molar-refractivity contribution in [3.63, 3.8) is 0 Å². The molecule has 0 atom stereocenters. The minimum Gasteiger partial charge on any atom is -0.348 e. The largest absolute Gasteiger partial charge is 0.348 e. The Kier molecular flexibility index (Phi) is 2.73. The first-order valence-corrected chi connectivity index (χ1v) is 7.81. The molecule has 0 spiro atoms. The summed E-state index contributed by atoms with van der Waals surface area (Å²) in [7, 11) is 0. The van der Waals surface area contributed by atoms with Crippen LogP contribution in [0.5, 0.6) is 0 Å². The maximum atomic E-state index is 12.4. The zero-order chi connectivity index (χ0) is 13.5.